The van der Waals surface area contributed by atoms with E-state index >= 15 is 0 Å². The molecule has 5 nitrogen and oxygen atoms in total. The fourth-order valence-electron chi connectivity index (χ4n) is 0.645. The van der Waals surface area contributed by atoms with E-state index in [0.717, 1.165) is 6.08 Å². The monoisotopic (exact) mass is 212 g/mol. The molecule has 1 N–H and O–H groups in total. The first-order valence-electron chi connectivity index (χ1n) is 4.20. The molecule has 0 fully saturated rings. The van der Waals surface area contributed by atoms with Gasteiger partial charge in [0.05, 0.1) is 6.61 Å². The number of aliphatic carboxylic acids is 1. The third kappa shape index (κ3) is 7.18. The molecular formula is C10H12O5. The third-order valence-electron chi connectivity index (χ3n) is 1.41. The summed E-state index contributed by atoms with van der Waals surface area (Å²) in [5, 5.41) is 8.19. The van der Waals surface area contributed by atoms with Gasteiger partial charge in [0.2, 0.25) is 0 Å². The molecule has 0 radical (unpaired) electrons. The van der Waals surface area contributed by atoms with E-state index in [1.807, 2.05) is 0 Å². The highest BCUT2D eigenvalue weighted by Crippen LogP contribution is 1.96. The van der Waals surface area contributed by atoms with Crippen molar-refractivity contribution < 1.29 is 24.2 Å². The Morgan fingerprint density at radius 2 is 1.93 bits per heavy atom. The van der Waals surface area contributed by atoms with Crippen LogP contribution in [0.2, 0.25) is 0 Å². The average molecular weight is 212 g/mol. The summed E-state index contributed by atoms with van der Waals surface area (Å²) < 4.78 is 4.56. The number of hydrogen-bond donors (Lipinski definition) is 1. The van der Waals surface area contributed by atoms with Crippen molar-refractivity contribution >= 4 is 17.7 Å². The van der Waals surface area contributed by atoms with Crippen LogP contribution in [0.3, 0.4) is 0 Å². The smallest absolute Gasteiger partial charge is 0.331 e. The second kappa shape index (κ2) is 6.53. The van der Waals surface area contributed by atoms with Crippen LogP contribution < -0.4 is 0 Å². The van der Waals surface area contributed by atoms with Gasteiger partial charge in [0.25, 0.3) is 0 Å². The zero-order valence-electron chi connectivity index (χ0n) is 8.36. The van der Waals surface area contributed by atoms with Crippen molar-refractivity contribution in [1.29, 1.82) is 0 Å². The number of Topliss-reactive ketones (excluding diaryl/α,β-unsaturated/α-hetero) is 1. The lowest BCUT2D eigenvalue weighted by molar-refractivity contribution is -0.139. The van der Waals surface area contributed by atoms with Gasteiger partial charge in [0.15, 0.2) is 5.78 Å². The largest absolute Gasteiger partial charge is 0.478 e. The van der Waals surface area contributed by atoms with E-state index < -0.39 is 11.9 Å². The van der Waals surface area contributed by atoms with Gasteiger partial charge in [-0.3, -0.25) is 4.79 Å². The first-order valence-corrected chi connectivity index (χ1v) is 4.20. The SMILES string of the molecule is C=C(C)C(=O)CCOC(=O)/C=C\C(=O)O. The standard InChI is InChI=1S/C10H12O5/c1-7(2)8(11)5-6-15-10(14)4-3-9(12)13/h3-4H,1,5-6H2,2H3,(H,12,13)/b4-3-. The molecule has 0 atom stereocenters. The fourth-order valence-corrected chi connectivity index (χ4v) is 0.645. The molecule has 5 heteroatoms. The third-order valence-corrected chi connectivity index (χ3v) is 1.41. The van der Waals surface area contributed by atoms with Crippen LogP contribution in [0.5, 0.6) is 0 Å². The number of esters is 1. The highest BCUT2D eigenvalue weighted by Gasteiger charge is 2.04. The second-order valence-electron chi connectivity index (χ2n) is 2.79. The van der Waals surface area contributed by atoms with Crippen LogP contribution in [0.25, 0.3) is 0 Å². The van der Waals surface area contributed by atoms with Crippen molar-refractivity contribution in [3.63, 3.8) is 0 Å². The molecule has 15 heavy (non-hydrogen) atoms. The van der Waals surface area contributed by atoms with Gasteiger partial charge in [-0.2, -0.15) is 0 Å². The van der Waals surface area contributed by atoms with E-state index in [0.29, 0.717) is 11.6 Å². The second-order valence-corrected chi connectivity index (χ2v) is 2.79. The van der Waals surface area contributed by atoms with Crippen molar-refractivity contribution in [3.05, 3.63) is 24.3 Å². The molecule has 0 unspecified atom stereocenters. The fraction of sp³-hybridized carbons (Fsp3) is 0.300. The van der Waals surface area contributed by atoms with Crippen molar-refractivity contribution in [2.75, 3.05) is 6.61 Å². The lowest BCUT2D eigenvalue weighted by Crippen LogP contribution is -2.08. The van der Waals surface area contributed by atoms with Crippen molar-refractivity contribution in [3.8, 4) is 0 Å². The minimum absolute atomic E-state index is 0.0575. The van der Waals surface area contributed by atoms with Gasteiger partial charge in [-0.15, -0.1) is 0 Å². The summed E-state index contributed by atoms with van der Waals surface area (Å²) >= 11 is 0. The van der Waals surface area contributed by atoms with Gasteiger partial charge in [0, 0.05) is 18.6 Å². The molecule has 0 aromatic heterocycles. The summed E-state index contributed by atoms with van der Waals surface area (Å²) in [6.45, 7) is 4.92. The predicted molar refractivity (Wildman–Crippen MR) is 52.2 cm³/mol. The van der Waals surface area contributed by atoms with Crippen LogP contribution in [0.15, 0.2) is 24.3 Å². The molecule has 0 rings (SSSR count). The Labute approximate surface area is 87.0 Å². The Kier molecular flexibility index (Phi) is 5.70. The first-order chi connectivity index (χ1) is 6.93. The Morgan fingerprint density at radius 3 is 2.40 bits per heavy atom. The quantitative estimate of drug-likeness (QED) is 0.518. The van der Waals surface area contributed by atoms with Crippen LogP contribution >= 0.6 is 0 Å². The van der Waals surface area contributed by atoms with Gasteiger partial charge in [0.1, 0.15) is 0 Å². The van der Waals surface area contributed by atoms with Crippen LogP contribution in [0.1, 0.15) is 13.3 Å². The number of rotatable bonds is 6. The molecule has 0 aliphatic rings. The summed E-state index contributed by atoms with van der Waals surface area (Å²) in [4.78, 5) is 31.8. The summed E-state index contributed by atoms with van der Waals surface area (Å²) in [7, 11) is 0. The lowest BCUT2D eigenvalue weighted by Gasteiger charge is -2.00. The predicted octanol–water partition coefficient (Wildman–Crippen LogP) is 0.706. The highest BCUT2D eigenvalue weighted by atomic mass is 16.5. The van der Waals surface area contributed by atoms with E-state index in [-0.39, 0.29) is 18.8 Å². The summed E-state index contributed by atoms with van der Waals surface area (Å²) in [5.41, 5.74) is 0.395. The Morgan fingerprint density at radius 1 is 1.33 bits per heavy atom. The molecule has 0 spiro atoms. The van der Waals surface area contributed by atoms with E-state index in [9.17, 15) is 14.4 Å². The lowest BCUT2D eigenvalue weighted by atomic mass is 10.2. The number of hydrogen-bond acceptors (Lipinski definition) is 4. The van der Waals surface area contributed by atoms with E-state index in [1.54, 1.807) is 6.92 Å². The van der Waals surface area contributed by atoms with Crippen molar-refractivity contribution in [1.82, 2.24) is 0 Å². The zero-order chi connectivity index (χ0) is 11.8. The van der Waals surface area contributed by atoms with Gasteiger partial charge in [-0.25, -0.2) is 9.59 Å². The molecule has 0 saturated carbocycles. The topological polar surface area (TPSA) is 80.7 Å². The first kappa shape index (κ1) is 13.1. The Bertz CT molecular complexity index is 314. The number of carboxylic acid groups (broad SMARTS) is 1. The molecule has 0 bridgehead atoms. The van der Waals surface area contributed by atoms with Crippen LogP contribution in [0, 0.1) is 0 Å². The molecule has 0 aliphatic carbocycles. The van der Waals surface area contributed by atoms with Gasteiger partial charge >= 0.3 is 11.9 Å². The molecule has 0 heterocycles. The molecular weight excluding hydrogens is 200 g/mol. The molecule has 0 aliphatic heterocycles. The Hall–Kier alpha value is -1.91. The Balaban J connectivity index is 3.78. The van der Waals surface area contributed by atoms with Crippen molar-refractivity contribution in [2.45, 2.75) is 13.3 Å². The number of carbonyl (C=O) groups excluding carboxylic acids is 2. The maximum Gasteiger partial charge on any atom is 0.331 e. The van der Waals surface area contributed by atoms with Gasteiger partial charge in [-0.1, -0.05) is 6.58 Å². The van der Waals surface area contributed by atoms with Gasteiger partial charge < -0.3 is 9.84 Å². The number of ether oxygens (including phenoxy) is 1. The molecule has 0 saturated heterocycles. The van der Waals surface area contributed by atoms with Gasteiger partial charge in [-0.05, 0) is 12.5 Å². The van der Waals surface area contributed by atoms with Crippen LogP contribution in [0.4, 0.5) is 0 Å². The molecule has 82 valence electrons. The normalized spacial score (nSPS) is 9.93. The summed E-state index contributed by atoms with van der Waals surface area (Å²) in [6.07, 6.45) is 1.51. The molecule has 0 aromatic carbocycles. The number of allylic oxidation sites excluding steroid dienone is 1. The maximum absolute atomic E-state index is 11.0. The number of carboxylic acids is 1. The van der Waals surface area contributed by atoms with Crippen LogP contribution in [-0.4, -0.2) is 29.4 Å². The van der Waals surface area contributed by atoms with Crippen molar-refractivity contribution in [2.24, 2.45) is 0 Å². The highest BCUT2D eigenvalue weighted by molar-refractivity contribution is 5.94. The minimum atomic E-state index is -1.23. The van der Waals surface area contributed by atoms with E-state index in [1.165, 1.54) is 0 Å². The summed E-state index contributed by atoms with van der Waals surface area (Å²) in [6, 6.07) is 0. The number of carbonyl (C=O) groups is 3. The van der Waals surface area contributed by atoms with E-state index in [2.05, 4.69) is 11.3 Å². The summed E-state index contributed by atoms with van der Waals surface area (Å²) in [5.74, 6) is -2.21. The zero-order valence-corrected chi connectivity index (χ0v) is 8.36. The average Bonchev–Trinajstić information content (AvgIpc) is 2.14. The molecule has 0 amide bonds. The number of ketones is 1. The molecule has 0 aromatic rings. The van der Waals surface area contributed by atoms with Crippen LogP contribution in [-0.2, 0) is 19.1 Å². The van der Waals surface area contributed by atoms with E-state index in [4.69, 9.17) is 5.11 Å². The minimum Gasteiger partial charge on any atom is -0.478 e. The maximum atomic E-state index is 11.0.